The Labute approximate surface area is 412 Å². The number of nitrogens with one attached hydrogen (secondary N) is 1. The van der Waals surface area contributed by atoms with Crippen molar-refractivity contribution in [3.05, 3.63) is 48.5 Å². The maximum atomic E-state index is 14.9. The second-order valence-electron chi connectivity index (χ2n) is 20.0. The lowest BCUT2D eigenvalue weighted by Crippen LogP contribution is -2.59. The Balaban J connectivity index is 1.48. The van der Waals surface area contributed by atoms with Gasteiger partial charge in [-0.05, 0) is 63.3 Å². The molecular formula is C56H90N4O7S. The highest BCUT2D eigenvalue weighted by atomic mass is 32.2. The van der Waals surface area contributed by atoms with Gasteiger partial charge in [0.15, 0.2) is 17.5 Å². The monoisotopic (exact) mass is 963 g/mol. The van der Waals surface area contributed by atoms with Crippen LogP contribution in [-0.2, 0) is 24.3 Å². The van der Waals surface area contributed by atoms with E-state index in [-0.39, 0.29) is 23.0 Å². The summed E-state index contributed by atoms with van der Waals surface area (Å²) in [6.07, 6.45) is 34.7. The first-order valence-electron chi connectivity index (χ1n) is 27.3. The molecule has 2 heterocycles. The lowest BCUT2D eigenvalue weighted by Gasteiger charge is -2.35. The highest BCUT2D eigenvalue weighted by Gasteiger charge is 2.55. The third-order valence-electron chi connectivity index (χ3n) is 13.7. The summed E-state index contributed by atoms with van der Waals surface area (Å²) in [6, 6.07) is 11.8. The highest BCUT2D eigenvalue weighted by Crippen LogP contribution is 2.37. The molecule has 2 aromatic rings. The molecule has 0 spiro atoms. The molecule has 1 unspecified atom stereocenters. The number of ether oxygens (including phenoxy) is 2. The van der Waals surface area contributed by atoms with Crippen LogP contribution < -0.4 is 10.1 Å². The zero-order chi connectivity index (χ0) is 49.0. The number of carbonyl (C=O) groups is 3. The average molecular weight is 963 g/mol. The molecule has 1 fully saturated rings. The molecule has 1 N–H and O–H groups in total. The standard InChI is InChI=1S/C56H90N4O7S/c1-6-9-12-15-18-19-20-21-22-23-24-25-26-27-30-37-44-59-52(57-48-41-34-36-43-50(48)68(59,64)65)51(60-54(62)56(4,5)67-55(60)63)53(61)58-47-40-33-35-42-49(47)66-45-46(38-31-28-16-13-10-7-2)39-32-29-17-14-11-8-3/h33-36,40-43,46,51H,6-32,37-39,44-45H2,1-5H3,(H,58,61). The van der Waals surface area contributed by atoms with Crippen molar-refractivity contribution in [1.29, 1.82) is 0 Å². The molecule has 11 nitrogen and oxygen atoms in total. The number of para-hydroxylation sites is 3. The van der Waals surface area contributed by atoms with Crippen molar-refractivity contribution in [2.45, 2.75) is 244 Å². The summed E-state index contributed by atoms with van der Waals surface area (Å²) in [5.41, 5.74) is -1.10. The van der Waals surface area contributed by atoms with E-state index >= 15 is 0 Å². The summed E-state index contributed by atoms with van der Waals surface area (Å²) in [5.74, 6) is -0.977. The molecule has 0 bridgehead atoms. The Bertz CT molecular complexity index is 1920. The van der Waals surface area contributed by atoms with E-state index in [1.165, 1.54) is 155 Å². The van der Waals surface area contributed by atoms with E-state index in [0.29, 0.717) is 30.4 Å². The fourth-order valence-electron chi connectivity index (χ4n) is 9.52. The lowest BCUT2D eigenvalue weighted by atomic mass is 9.94. The predicted octanol–water partition coefficient (Wildman–Crippen LogP) is 15.2. The first-order chi connectivity index (χ1) is 33.0. The number of anilines is 1. The number of unbranched alkanes of at least 4 members (excludes halogenated alkanes) is 25. The second kappa shape index (κ2) is 31.3. The van der Waals surface area contributed by atoms with Crippen LogP contribution in [0.3, 0.4) is 0 Å². The molecule has 4 rings (SSSR count). The van der Waals surface area contributed by atoms with Gasteiger partial charge in [0.1, 0.15) is 10.6 Å². The topological polar surface area (TPSA) is 135 Å². The number of sulfonamides is 1. The molecule has 0 aliphatic carbocycles. The SMILES string of the molecule is CCCCCCCCCCCCCCCCCCN1C(C(C(=O)Nc2ccccc2OCC(CCCCCCCC)CCCCCCCC)N2C(=O)OC(C)(C)C2=O)=Nc2ccccc2S1(=O)=O. The maximum Gasteiger partial charge on any atom is 0.418 e. The van der Waals surface area contributed by atoms with Gasteiger partial charge in [-0.3, -0.25) is 13.9 Å². The Kier molecular flexibility index (Phi) is 26.1. The Morgan fingerprint density at radius 2 is 1.10 bits per heavy atom. The number of aliphatic imine (C=N–C) groups is 1. The van der Waals surface area contributed by atoms with E-state index in [2.05, 4.69) is 26.1 Å². The molecule has 382 valence electrons. The fourth-order valence-corrected chi connectivity index (χ4v) is 11.1. The first-order valence-corrected chi connectivity index (χ1v) is 28.7. The summed E-state index contributed by atoms with van der Waals surface area (Å²) in [7, 11) is -4.25. The third kappa shape index (κ3) is 18.4. The van der Waals surface area contributed by atoms with Crippen LogP contribution in [0.4, 0.5) is 16.2 Å². The molecule has 2 aromatic carbocycles. The molecule has 12 heteroatoms. The number of imide groups is 1. The lowest BCUT2D eigenvalue weighted by molar-refractivity contribution is -0.137. The third-order valence-corrected chi connectivity index (χ3v) is 15.6. The summed E-state index contributed by atoms with van der Waals surface area (Å²) in [4.78, 5) is 48.2. The first kappa shape index (κ1) is 56.7. The van der Waals surface area contributed by atoms with Crippen LogP contribution in [0.15, 0.2) is 58.4 Å². The van der Waals surface area contributed by atoms with E-state index in [1.54, 1.807) is 36.4 Å². The zero-order valence-corrected chi connectivity index (χ0v) is 43.8. The van der Waals surface area contributed by atoms with Gasteiger partial charge in [-0.2, -0.15) is 0 Å². The zero-order valence-electron chi connectivity index (χ0n) is 43.0. The molecule has 1 saturated heterocycles. The van der Waals surface area contributed by atoms with Gasteiger partial charge in [0.2, 0.25) is 0 Å². The van der Waals surface area contributed by atoms with Gasteiger partial charge in [-0.1, -0.05) is 218 Å². The Hall–Kier alpha value is -3.93. The van der Waals surface area contributed by atoms with Crippen molar-refractivity contribution < 1.29 is 32.3 Å². The van der Waals surface area contributed by atoms with Crippen molar-refractivity contribution in [2.75, 3.05) is 18.5 Å². The van der Waals surface area contributed by atoms with Crippen molar-refractivity contribution in [3.8, 4) is 5.75 Å². The molecule has 1 atom stereocenters. The maximum absolute atomic E-state index is 14.9. The normalized spacial score (nSPS) is 15.6. The molecule has 3 amide bonds. The number of hydrogen-bond donors (Lipinski definition) is 1. The average Bonchev–Trinajstić information content (AvgIpc) is 3.52. The van der Waals surface area contributed by atoms with Crippen molar-refractivity contribution in [2.24, 2.45) is 10.9 Å². The predicted molar refractivity (Wildman–Crippen MR) is 278 cm³/mol. The number of hydrogen-bond acceptors (Lipinski definition) is 8. The number of benzene rings is 2. The quantitative estimate of drug-likeness (QED) is 0.0662. The van der Waals surface area contributed by atoms with Crippen LogP contribution in [0.25, 0.3) is 0 Å². The van der Waals surface area contributed by atoms with Crippen molar-refractivity contribution >= 4 is 45.1 Å². The molecule has 68 heavy (non-hydrogen) atoms. The molecule has 2 aliphatic heterocycles. The van der Waals surface area contributed by atoms with Gasteiger partial charge >= 0.3 is 6.09 Å². The van der Waals surface area contributed by atoms with E-state index < -0.39 is 39.6 Å². The molecule has 0 radical (unpaired) electrons. The van der Waals surface area contributed by atoms with Gasteiger partial charge in [0, 0.05) is 6.54 Å². The Morgan fingerprint density at radius 3 is 1.60 bits per heavy atom. The van der Waals surface area contributed by atoms with Gasteiger partial charge in [-0.25, -0.2) is 23.1 Å². The minimum Gasteiger partial charge on any atom is -0.491 e. The fraction of sp³-hybridized carbons (Fsp3) is 0.714. The number of amides is 3. The van der Waals surface area contributed by atoms with Crippen molar-refractivity contribution in [3.63, 3.8) is 0 Å². The van der Waals surface area contributed by atoms with Crippen LogP contribution in [0.1, 0.15) is 227 Å². The molecule has 0 saturated carbocycles. The minimum atomic E-state index is -4.25. The van der Waals surface area contributed by atoms with E-state index in [1.807, 2.05) is 6.07 Å². The van der Waals surface area contributed by atoms with Crippen LogP contribution >= 0.6 is 0 Å². The van der Waals surface area contributed by atoms with Crippen LogP contribution in [-0.4, -0.2) is 66.2 Å². The summed E-state index contributed by atoms with van der Waals surface area (Å²) >= 11 is 0. The van der Waals surface area contributed by atoms with Crippen molar-refractivity contribution in [1.82, 2.24) is 9.21 Å². The number of amidine groups is 1. The summed E-state index contributed by atoms with van der Waals surface area (Å²) in [5, 5.41) is 2.95. The van der Waals surface area contributed by atoms with Crippen LogP contribution in [0.2, 0.25) is 0 Å². The molecular weight excluding hydrogens is 873 g/mol. The number of cyclic esters (lactones) is 1. The molecule has 2 aliphatic rings. The largest absolute Gasteiger partial charge is 0.491 e. The van der Waals surface area contributed by atoms with E-state index in [9.17, 15) is 22.8 Å². The van der Waals surface area contributed by atoms with E-state index in [4.69, 9.17) is 14.5 Å². The number of rotatable bonds is 38. The minimum absolute atomic E-state index is 0.00488. The number of fused-ring (bicyclic) bond motifs is 1. The summed E-state index contributed by atoms with van der Waals surface area (Å²) in [6.45, 7) is 10.2. The van der Waals surface area contributed by atoms with Crippen LogP contribution in [0, 0.1) is 5.92 Å². The van der Waals surface area contributed by atoms with E-state index in [0.717, 1.165) is 60.6 Å². The van der Waals surface area contributed by atoms with Crippen LogP contribution in [0.5, 0.6) is 5.75 Å². The van der Waals surface area contributed by atoms with Gasteiger partial charge < -0.3 is 14.8 Å². The summed E-state index contributed by atoms with van der Waals surface area (Å²) < 4.78 is 42.3. The number of nitrogens with zero attached hydrogens (tertiary/aromatic N) is 3. The number of carbonyl (C=O) groups excluding carboxylic acids is 3. The highest BCUT2D eigenvalue weighted by molar-refractivity contribution is 7.90. The van der Waals surface area contributed by atoms with Gasteiger partial charge in [-0.15, -0.1) is 0 Å². The van der Waals surface area contributed by atoms with Gasteiger partial charge in [0.25, 0.3) is 21.8 Å². The second-order valence-corrected chi connectivity index (χ2v) is 21.9. The van der Waals surface area contributed by atoms with Gasteiger partial charge in [0.05, 0.1) is 18.0 Å². The Morgan fingerprint density at radius 1 is 0.647 bits per heavy atom. The molecule has 0 aromatic heterocycles. The smallest absolute Gasteiger partial charge is 0.418 e.